The standard InChI is InChI=1S/C20H28N4O5/c21-8-15-2-4-17(5-3-15)28-14-16(25)9-24-12-18-10-23(11-19(13-24)29-18)7-1-6-22-20(26)27/h2-5,16,18-19,22,25H,1,6-7,9-14H2,(H,26,27)/t16-,18?,19?/m0/s1. The Balaban J connectivity index is 1.37. The molecule has 9 heteroatoms. The molecule has 2 fully saturated rings. The molecule has 1 amide bonds. The van der Waals surface area contributed by atoms with Crippen molar-refractivity contribution in [2.45, 2.75) is 24.7 Å². The number of rotatable bonds is 9. The zero-order valence-corrected chi connectivity index (χ0v) is 16.4. The summed E-state index contributed by atoms with van der Waals surface area (Å²) >= 11 is 0. The van der Waals surface area contributed by atoms with Crippen molar-refractivity contribution in [1.82, 2.24) is 15.1 Å². The first kappa shape index (κ1) is 21.3. The Morgan fingerprint density at radius 3 is 2.52 bits per heavy atom. The van der Waals surface area contributed by atoms with E-state index in [1.54, 1.807) is 24.3 Å². The molecule has 0 aromatic heterocycles. The molecule has 3 N–H and O–H groups in total. The number of β-amino-alcohol motifs (C(OH)–C–C–N with tert-alkyl or cyclic N) is 1. The van der Waals surface area contributed by atoms with Crippen molar-refractivity contribution < 1.29 is 24.5 Å². The van der Waals surface area contributed by atoms with Crippen molar-refractivity contribution in [3.8, 4) is 11.8 Å². The number of fused-ring (bicyclic) bond motifs is 2. The lowest BCUT2D eigenvalue weighted by molar-refractivity contribution is -0.143. The van der Waals surface area contributed by atoms with Gasteiger partial charge in [-0.15, -0.1) is 0 Å². The minimum atomic E-state index is -0.985. The molecule has 0 spiro atoms. The Bertz CT molecular complexity index is 694. The Morgan fingerprint density at radius 1 is 1.24 bits per heavy atom. The van der Waals surface area contributed by atoms with Crippen molar-refractivity contribution in [2.75, 3.05) is 52.4 Å². The second kappa shape index (κ2) is 10.4. The molecule has 0 aliphatic carbocycles. The molecule has 3 rings (SSSR count). The van der Waals surface area contributed by atoms with E-state index in [-0.39, 0.29) is 18.8 Å². The Morgan fingerprint density at radius 2 is 1.90 bits per heavy atom. The Hall–Kier alpha value is -2.38. The summed E-state index contributed by atoms with van der Waals surface area (Å²) in [4.78, 5) is 15.0. The number of aliphatic hydroxyl groups excluding tert-OH is 1. The number of hydrogen-bond acceptors (Lipinski definition) is 7. The van der Waals surface area contributed by atoms with Crippen molar-refractivity contribution >= 4 is 6.09 Å². The van der Waals surface area contributed by atoms with E-state index in [1.807, 2.05) is 0 Å². The van der Waals surface area contributed by atoms with Crippen LogP contribution in [0.5, 0.6) is 5.75 Å². The van der Waals surface area contributed by atoms with E-state index in [4.69, 9.17) is 19.8 Å². The highest BCUT2D eigenvalue weighted by molar-refractivity contribution is 5.64. The number of hydrogen-bond donors (Lipinski definition) is 3. The van der Waals surface area contributed by atoms with Gasteiger partial charge in [-0.1, -0.05) is 0 Å². The molecule has 2 saturated heterocycles. The molecule has 1 aromatic carbocycles. The Kier molecular flexibility index (Phi) is 7.66. The number of ether oxygens (including phenoxy) is 2. The molecule has 29 heavy (non-hydrogen) atoms. The third-order valence-electron chi connectivity index (χ3n) is 5.05. The van der Waals surface area contributed by atoms with Gasteiger partial charge in [0, 0.05) is 45.8 Å². The summed E-state index contributed by atoms with van der Waals surface area (Å²) in [7, 11) is 0. The fourth-order valence-corrected chi connectivity index (χ4v) is 3.86. The van der Waals surface area contributed by atoms with Gasteiger partial charge in [-0.25, -0.2) is 4.79 Å². The van der Waals surface area contributed by atoms with E-state index in [0.29, 0.717) is 24.4 Å². The summed E-state index contributed by atoms with van der Waals surface area (Å²) in [6.07, 6.45) is -0.618. The van der Waals surface area contributed by atoms with Gasteiger partial charge >= 0.3 is 6.09 Å². The van der Waals surface area contributed by atoms with Crippen LogP contribution in [-0.4, -0.2) is 96.8 Å². The normalized spacial score (nSPS) is 23.2. The van der Waals surface area contributed by atoms with E-state index in [1.165, 1.54) is 0 Å². The van der Waals surface area contributed by atoms with Gasteiger partial charge in [-0.2, -0.15) is 5.26 Å². The van der Waals surface area contributed by atoms with E-state index in [2.05, 4.69) is 21.2 Å². The second-order valence-electron chi connectivity index (χ2n) is 7.54. The summed E-state index contributed by atoms with van der Waals surface area (Å²) in [6, 6.07) is 8.89. The van der Waals surface area contributed by atoms with E-state index in [9.17, 15) is 9.90 Å². The van der Waals surface area contributed by atoms with Crippen LogP contribution in [0.2, 0.25) is 0 Å². The molecule has 2 aliphatic heterocycles. The minimum absolute atomic E-state index is 0.0987. The number of nitriles is 1. The predicted octanol–water partition coefficient (Wildman–Crippen LogP) is 0.341. The smallest absolute Gasteiger partial charge is 0.404 e. The Labute approximate surface area is 170 Å². The van der Waals surface area contributed by atoms with Crippen molar-refractivity contribution in [3.05, 3.63) is 29.8 Å². The quantitative estimate of drug-likeness (QED) is 0.504. The zero-order chi connectivity index (χ0) is 20.6. The van der Waals surface area contributed by atoms with Crippen LogP contribution < -0.4 is 10.1 Å². The van der Waals surface area contributed by atoms with Crippen LogP contribution in [0.25, 0.3) is 0 Å². The summed E-state index contributed by atoms with van der Waals surface area (Å²) in [5, 5.41) is 30.2. The fraction of sp³-hybridized carbons (Fsp3) is 0.600. The van der Waals surface area contributed by atoms with Crippen LogP contribution in [0.15, 0.2) is 24.3 Å². The van der Waals surface area contributed by atoms with Gasteiger partial charge in [0.15, 0.2) is 0 Å². The minimum Gasteiger partial charge on any atom is -0.491 e. The largest absolute Gasteiger partial charge is 0.491 e. The monoisotopic (exact) mass is 404 g/mol. The van der Waals surface area contributed by atoms with Crippen LogP contribution >= 0.6 is 0 Å². The first-order valence-electron chi connectivity index (χ1n) is 9.90. The molecule has 2 bridgehead atoms. The number of nitrogens with one attached hydrogen (secondary N) is 1. The van der Waals surface area contributed by atoms with Crippen LogP contribution in [0, 0.1) is 11.3 Å². The van der Waals surface area contributed by atoms with Crippen LogP contribution in [-0.2, 0) is 4.74 Å². The maximum Gasteiger partial charge on any atom is 0.404 e. The van der Waals surface area contributed by atoms with Gasteiger partial charge in [-0.3, -0.25) is 9.80 Å². The third kappa shape index (κ3) is 6.87. The highest BCUT2D eigenvalue weighted by Gasteiger charge is 2.35. The molecule has 9 nitrogen and oxygen atoms in total. The predicted molar refractivity (Wildman–Crippen MR) is 105 cm³/mol. The lowest BCUT2D eigenvalue weighted by Gasteiger charge is -2.46. The fourth-order valence-electron chi connectivity index (χ4n) is 3.86. The number of benzene rings is 1. The molecule has 0 saturated carbocycles. The lowest BCUT2D eigenvalue weighted by atomic mass is 10.1. The van der Waals surface area contributed by atoms with Crippen LogP contribution in [0.1, 0.15) is 12.0 Å². The van der Waals surface area contributed by atoms with Gasteiger partial charge in [-0.05, 0) is 30.7 Å². The maximum atomic E-state index is 10.5. The zero-order valence-electron chi connectivity index (χ0n) is 16.4. The van der Waals surface area contributed by atoms with Gasteiger partial charge in [0.25, 0.3) is 0 Å². The van der Waals surface area contributed by atoms with E-state index >= 15 is 0 Å². The molecule has 158 valence electrons. The number of nitrogens with zero attached hydrogens (tertiary/aromatic N) is 3. The maximum absolute atomic E-state index is 10.5. The molecule has 2 aliphatic rings. The molecule has 3 atom stereocenters. The van der Waals surface area contributed by atoms with Gasteiger partial charge in [0.05, 0.1) is 23.8 Å². The highest BCUT2D eigenvalue weighted by Crippen LogP contribution is 2.20. The van der Waals surface area contributed by atoms with Crippen LogP contribution in [0.3, 0.4) is 0 Å². The molecule has 1 aromatic rings. The average molecular weight is 404 g/mol. The lowest BCUT2D eigenvalue weighted by Crippen LogP contribution is -2.60. The number of carboxylic acid groups (broad SMARTS) is 1. The third-order valence-corrected chi connectivity index (χ3v) is 5.05. The number of aliphatic hydroxyl groups is 1. The van der Waals surface area contributed by atoms with Gasteiger partial charge in [0.1, 0.15) is 18.5 Å². The first-order chi connectivity index (χ1) is 14.0. The highest BCUT2D eigenvalue weighted by atomic mass is 16.5. The summed E-state index contributed by atoms with van der Waals surface area (Å²) in [5.41, 5.74) is 0.574. The topological polar surface area (TPSA) is 118 Å². The second-order valence-corrected chi connectivity index (χ2v) is 7.54. The van der Waals surface area contributed by atoms with E-state index in [0.717, 1.165) is 39.1 Å². The number of amides is 1. The summed E-state index contributed by atoms with van der Waals surface area (Å²) in [6.45, 7) is 5.17. The molecular weight excluding hydrogens is 376 g/mol. The average Bonchev–Trinajstić information content (AvgIpc) is 2.69. The summed E-state index contributed by atoms with van der Waals surface area (Å²) in [5.74, 6) is 0.634. The number of morpholine rings is 2. The van der Waals surface area contributed by atoms with Crippen molar-refractivity contribution in [3.63, 3.8) is 0 Å². The molecule has 2 unspecified atom stereocenters. The van der Waals surface area contributed by atoms with Crippen LogP contribution in [0.4, 0.5) is 4.79 Å². The first-order valence-corrected chi connectivity index (χ1v) is 9.90. The SMILES string of the molecule is N#Cc1ccc(OC[C@@H](O)CN2CC3CN(CCCNC(=O)O)CC(C2)O3)cc1. The van der Waals surface area contributed by atoms with Crippen molar-refractivity contribution in [1.29, 1.82) is 5.26 Å². The molecular formula is C20H28N4O5. The van der Waals surface area contributed by atoms with Crippen molar-refractivity contribution in [2.24, 2.45) is 0 Å². The molecule has 2 heterocycles. The van der Waals surface area contributed by atoms with E-state index < -0.39 is 12.2 Å². The molecule has 0 radical (unpaired) electrons. The van der Waals surface area contributed by atoms with Gasteiger partial charge < -0.3 is 25.0 Å². The summed E-state index contributed by atoms with van der Waals surface area (Å²) < 4.78 is 11.6. The number of carbonyl (C=O) groups is 1. The van der Waals surface area contributed by atoms with Gasteiger partial charge in [0.2, 0.25) is 0 Å².